The fourth-order valence-electron chi connectivity index (χ4n) is 2.36. The minimum absolute atomic E-state index is 0.268. The molecule has 0 atom stereocenters. The van der Waals surface area contributed by atoms with Crippen LogP contribution in [0.3, 0.4) is 0 Å². The fourth-order valence-corrected chi connectivity index (χ4v) is 2.36. The maximum absolute atomic E-state index is 14.8. The number of allylic oxidation sites excluding steroid dienone is 1. The molecule has 27 heavy (non-hydrogen) atoms. The average Bonchev–Trinajstić information content (AvgIpc) is 3.00. The van der Waals surface area contributed by atoms with Gasteiger partial charge < -0.3 is 14.2 Å². The molecule has 2 heterocycles. The van der Waals surface area contributed by atoms with E-state index in [1.165, 1.54) is 19.0 Å². The summed E-state index contributed by atoms with van der Waals surface area (Å²) < 4.78 is 67.3. The molecule has 0 bridgehead atoms. The van der Waals surface area contributed by atoms with Gasteiger partial charge in [0.05, 0.1) is 23.0 Å². The van der Waals surface area contributed by atoms with Crippen LogP contribution in [-0.4, -0.2) is 59.2 Å². The van der Waals surface area contributed by atoms with Crippen LogP contribution in [0.5, 0.6) is 0 Å². The van der Waals surface area contributed by atoms with E-state index in [2.05, 4.69) is 5.10 Å². The summed E-state index contributed by atoms with van der Waals surface area (Å²) in [6.45, 7) is 6.17. The van der Waals surface area contributed by atoms with Crippen molar-refractivity contribution >= 4 is 18.6 Å². The highest BCUT2D eigenvalue weighted by Crippen LogP contribution is 2.43. The number of carbonyl (C=O) groups is 1. The van der Waals surface area contributed by atoms with Crippen LogP contribution in [0.2, 0.25) is 0 Å². The van der Waals surface area contributed by atoms with Gasteiger partial charge in [-0.3, -0.25) is 9.48 Å². The number of hydrogen-bond acceptors (Lipinski definition) is 4. The topological polar surface area (TPSA) is 56.6 Å². The van der Waals surface area contributed by atoms with Crippen LogP contribution in [0.25, 0.3) is 5.57 Å². The molecule has 6 nitrogen and oxygen atoms in total. The van der Waals surface area contributed by atoms with Crippen molar-refractivity contribution in [3.8, 4) is 0 Å². The molecule has 2 rings (SSSR count). The van der Waals surface area contributed by atoms with Crippen molar-refractivity contribution in [2.45, 2.75) is 51.6 Å². The zero-order chi connectivity index (χ0) is 20.8. The number of likely N-dealkylation sites (N-methyl/N-ethyl adjacent to an activating group) is 1. The number of nitrogens with zero attached hydrogens (tertiary/aromatic N) is 3. The lowest BCUT2D eigenvalue weighted by Gasteiger charge is -2.32. The first-order valence-corrected chi connectivity index (χ1v) is 8.21. The first-order valence-electron chi connectivity index (χ1n) is 8.21. The Morgan fingerprint density at radius 3 is 2.19 bits per heavy atom. The predicted octanol–water partition coefficient (Wildman–Crippen LogP) is 2.85. The van der Waals surface area contributed by atoms with Gasteiger partial charge >= 0.3 is 13.3 Å². The highest BCUT2D eigenvalue weighted by molar-refractivity contribution is 6.55. The number of alkyl halides is 3. The summed E-state index contributed by atoms with van der Waals surface area (Å²) in [6, 6.07) is 0. The zero-order valence-electron chi connectivity index (χ0n) is 16.0. The summed E-state index contributed by atoms with van der Waals surface area (Å²) in [7, 11) is 1.22. The van der Waals surface area contributed by atoms with Crippen molar-refractivity contribution < 1.29 is 31.7 Å². The van der Waals surface area contributed by atoms with Crippen LogP contribution in [0.15, 0.2) is 18.1 Å². The third kappa shape index (κ3) is 4.35. The van der Waals surface area contributed by atoms with Crippen molar-refractivity contribution in [1.82, 2.24) is 14.7 Å². The molecule has 0 unspecified atom stereocenters. The van der Waals surface area contributed by atoms with E-state index < -0.39 is 41.4 Å². The second-order valence-corrected chi connectivity index (χ2v) is 7.52. The highest BCUT2D eigenvalue weighted by atomic mass is 19.4. The molecule has 1 amide bonds. The predicted molar refractivity (Wildman–Crippen MR) is 91.1 cm³/mol. The molecule has 0 spiro atoms. The van der Waals surface area contributed by atoms with Gasteiger partial charge in [0.15, 0.2) is 0 Å². The van der Waals surface area contributed by atoms with Gasteiger partial charge in [-0.15, -0.1) is 0 Å². The average molecular weight is 391 g/mol. The van der Waals surface area contributed by atoms with Crippen molar-refractivity contribution in [3.05, 3.63) is 23.7 Å². The van der Waals surface area contributed by atoms with Gasteiger partial charge in [0.2, 0.25) is 5.91 Å². The highest BCUT2D eigenvalue weighted by Gasteiger charge is 2.55. The van der Waals surface area contributed by atoms with Crippen molar-refractivity contribution in [1.29, 1.82) is 0 Å². The van der Waals surface area contributed by atoms with Crippen LogP contribution in [0.1, 0.15) is 33.3 Å². The molecule has 1 saturated heterocycles. The van der Waals surface area contributed by atoms with Gasteiger partial charge in [-0.1, -0.05) is 0 Å². The van der Waals surface area contributed by atoms with Gasteiger partial charge in [0, 0.05) is 25.9 Å². The van der Waals surface area contributed by atoms with Crippen LogP contribution in [0.4, 0.5) is 17.6 Å². The monoisotopic (exact) mass is 391 g/mol. The third-order valence-electron chi connectivity index (χ3n) is 4.70. The number of hydrogen-bond donors (Lipinski definition) is 0. The smallest absolute Gasteiger partial charge is 0.398 e. The molecule has 1 aromatic heterocycles. The first kappa shape index (κ1) is 21.4. The maximum atomic E-state index is 14.8. The Kier molecular flexibility index (Phi) is 5.50. The Morgan fingerprint density at radius 2 is 1.74 bits per heavy atom. The third-order valence-corrected chi connectivity index (χ3v) is 4.70. The summed E-state index contributed by atoms with van der Waals surface area (Å²) in [6.07, 6.45) is -3.18. The summed E-state index contributed by atoms with van der Waals surface area (Å²) >= 11 is 0. The molecular formula is C16H22BF4N3O3. The summed E-state index contributed by atoms with van der Waals surface area (Å²) in [5, 5.41) is 3.73. The Balaban J connectivity index is 2.41. The summed E-state index contributed by atoms with van der Waals surface area (Å²) in [5.74, 6) is -0.367. The maximum Gasteiger partial charge on any atom is 0.525 e. The largest absolute Gasteiger partial charge is 0.525 e. The first-order chi connectivity index (χ1) is 12.2. The Labute approximate surface area is 155 Å². The molecule has 1 aliphatic heterocycles. The molecule has 11 heteroatoms. The lowest BCUT2D eigenvalue weighted by molar-refractivity contribution is -0.129. The molecule has 150 valence electrons. The van der Waals surface area contributed by atoms with Gasteiger partial charge in [0.25, 0.3) is 0 Å². The number of amides is 1. The zero-order valence-corrected chi connectivity index (χ0v) is 16.0. The lowest BCUT2D eigenvalue weighted by atomic mass is 9.83. The van der Waals surface area contributed by atoms with E-state index >= 15 is 0 Å². The minimum Gasteiger partial charge on any atom is -0.398 e. The standard InChI is InChI=1S/C16H22BF4N3O3/c1-14(2)15(3,4)27-17(26-14)13(18)12(16(19,20)21)10-7-22-24(8-10)9-11(25)23(5)6/h7-8H,9H2,1-6H3. The Hall–Kier alpha value is -1.88. The van der Waals surface area contributed by atoms with Crippen LogP contribution in [0, 0.1) is 0 Å². The summed E-state index contributed by atoms with van der Waals surface area (Å²) in [4.78, 5) is 13.0. The van der Waals surface area contributed by atoms with Crippen molar-refractivity contribution in [3.63, 3.8) is 0 Å². The number of halogens is 4. The molecule has 0 aromatic carbocycles. The number of carbonyl (C=O) groups excluding carboxylic acids is 1. The summed E-state index contributed by atoms with van der Waals surface area (Å²) in [5.41, 5.74) is -5.62. The molecule has 0 aliphatic carbocycles. The number of aromatic nitrogens is 2. The van der Waals surface area contributed by atoms with Gasteiger partial charge in [-0.05, 0) is 27.7 Å². The Bertz CT molecular complexity index is 740. The Morgan fingerprint density at radius 1 is 1.22 bits per heavy atom. The number of rotatable bonds is 4. The van der Waals surface area contributed by atoms with Gasteiger partial charge in [0.1, 0.15) is 12.3 Å². The molecule has 0 saturated carbocycles. The SMILES string of the molecule is CN(C)C(=O)Cn1cc(C(=C(F)B2OC(C)(C)C(C)(C)O2)C(F)(F)F)cn1. The minimum atomic E-state index is -5.01. The van der Waals surface area contributed by atoms with Crippen LogP contribution >= 0.6 is 0 Å². The van der Waals surface area contributed by atoms with Crippen LogP contribution in [-0.2, 0) is 20.6 Å². The lowest BCUT2D eigenvalue weighted by Crippen LogP contribution is -2.41. The van der Waals surface area contributed by atoms with E-state index in [0.29, 0.717) is 0 Å². The van der Waals surface area contributed by atoms with Gasteiger partial charge in [-0.2, -0.15) is 18.3 Å². The van der Waals surface area contributed by atoms with Crippen molar-refractivity contribution in [2.75, 3.05) is 14.1 Å². The molecule has 1 aromatic rings. The van der Waals surface area contributed by atoms with E-state index in [1.54, 1.807) is 27.7 Å². The van der Waals surface area contributed by atoms with E-state index in [1.807, 2.05) is 0 Å². The van der Waals surface area contributed by atoms with Gasteiger partial charge in [-0.25, -0.2) is 4.39 Å². The normalized spacial score (nSPS) is 19.9. The molecule has 0 N–H and O–H groups in total. The molecule has 1 fully saturated rings. The van der Waals surface area contributed by atoms with E-state index in [0.717, 1.165) is 17.1 Å². The fraction of sp³-hybridized carbons (Fsp3) is 0.625. The van der Waals surface area contributed by atoms with E-state index in [9.17, 15) is 22.4 Å². The van der Waals surface area contributed by atoms with E-state index in [4.69, 9.17) is 9.31 Å². The quantitative estimate of drug-likeness (QED) is 0.585. The molecule has 0 radical (unpaired) electrons. The van der Waals surface area contributed by atoms with Crippen molar-refractivity contribution in [2.24, 2.45) is 0 Å². The van der Waals surface area contributed by atoms with E-state index in [-0.39, 0.29) is 12.5 Å². The molecule has 1 aliphatic rings. The second-order valence-electron chi connectivity index (χ2n) is 7.52. The van der Waals surface area contributed by atoms with Crippen LogP contribution < -0.4 is 0 Å². The second kappa shape index (κ2) is 6.94. The molecular weight excluding hydrogens is 369 g/mol.